The maximum atomic E-state index is 10.6. The predicted molar refractivity (Wildman–Crippen MR) is 78.9 cm³/mol. The molecule has 1 aliphatic rings. The normalized spacial score (nSPS) is 31.4. The number of fused-ring (bicyclic) bond motifs is 1. The van der Waals surface area contributed by atoms with E-state index in [4.69, 9.17) is 15.7 Å². The zero-order chi connectivity index (χ0) is 16.8. The highest BCUT2D eigenvalue weighted by molar-refractivity contribution is 6.02. The molecule has 10 nitrogen and oxygen atoms in total. The third-order valence-electron chi connectivity index (χ3n) is 4.05. The fourth-order valence-corrected chi connectivity index (χ4v) is 2.87. The van der Waals surface area contributed by atoms with Crippen molar-refractivity contribution in [1.82, 2.24) is 14.5 Å². The zero-order valence-corrected chi connectivity index (χ0v) is 12.2. The summed E-state index contributed by atoms with van der Waals surface area (Å²) >= 11 is 0. The van der Waals surface area contributed by atoms with E-state index in [1.807, 2.05) is 0 Å². The lowest BCUT2D eigenvalue weighted by Gasteiger charge is -2.27. The van der Waals surface area contributed by atoms with Crippen LogP contribution in [-0.4, -0.2) is 65.7 Å². The number of hydrogen-bond donors (Lipinski definition) is 5. The second-order valence-electron chi connectivity index (χ2n) is 5.57. The summed E-state index contributed by atoms with van der Waals surface area (Å²) in [6, 6.07) is 0. The Labute approximate surface area is 130 Å². The Balaban J connectivity index is 2.19. The van der Waals surface area contributed by atoms with Crippen LogP contribution in [0.1, 0.15) is 18.7 Å². The van der Waals surface area contributed by atoms with Crippen LogP contribution in [0.25, 0.3) is 11.0 Å². The smallest absolute Gasteiger partial charge is 0.167 e. The maximum absolute atomic E-state index is 10.6. The minimum absolute atomic E-state index is 0.167. The van der Waals surface area contributed by atoms with Gasteiger partial charge in [-0.1, -0.05) is 5.16 Å². The average molecular weight is 323 g/mol. The molecule has 3 heterocycles. The monoisotopic (exact) mass is 323 g/mol. The van der Waals surface area contributed by atoms with Crippen LogP contribution < -0.4 is 5.73 Å². The van der Waals surface area contributed by atoms with Crippen molar-refractivity contribution < 1.29 is 25.3 Å². The van der Waals surface area contributed by atoms with Crippen molar-refractivity contribution in [1.29, 1.82) is 0 Å². The number of oxime groups is 1. The summed E-state index contributed by atoms with van der Waals surface area (Å²) < 4.78 is 7.03. The lowest BCUT2D eigenvalue weighted by molar-refractivity contribution is -0.0948. The fraction of sp³-hybridized carbons (Fsp3) is 0.462. The standard InChI is InChI=1S/C13H17N5O5/c1-13(21)9(20)7(4-19)23-12(13)18-3-6(2-17-22)8-10(14)15-5-16-11(8)18/h2-3,5,7,9,12,19-22H,4H2,1H3,(H2,14,15,16)/t7?,9?,12?,13-/m1/s1. The number of rotatable bonds is 3. The largest absolute Gasteiger partial charge is 0.411 e. The number of aromatic nitrogens is 3. The Morgan fingerprint density at radius 2 is 2.26 bits per heavy atom. The molecule has 1 aliphatic heterocycles. The Morgan fingerprint density at radius 1 is 1.52 bits per heavy atom. The summed E-state index contributed by atoms with van der Waals surface area (Å²) in [5, 5.41) is 42.2. The van der Waals surface area contributed by atoms with E-state index in [2.05, 4.69) is 15.1 Å². The molecule has 0 radical (unpaired) electrons. The summed E-state index contributed by atoms with van der Waals surface area (Å²) in [5.41, 5.74) is 4.93. The number of aliphatic hydroxyl groups is 3. The van der Waals surface area contributed by atoms with Crippen LogP contribution in [0.2, 0.25) is 0 Å². The van der Waals surface area contributed by atoms with Gasteiger partial charge in [0.05, 0.1) is 18.2 Å². The topological polar surface area (TPSA) is 159 Å². The first-order valence-corrected chi connectivity index (χ1v) is 6.87. The highest BCUT2D eigenvalue weighted by Crippen LogP contribution is 2.40. The first kappa shape index (κ1) is 15.6. The lowest BCUT2D eigenvalue weighted by Crippen LogP contribution is -2.44. The molecule has 0 saturated carbocycles. The molecule has 1 fully saturated rings. The van der Waals surface area contributed by atoms with Crippen molar-refractivity contribution in [3.05, 3.63) is 18.1 Å². The van der Waals surface area contributed by atoms with Gasteiger partial charge in [0.2, 0.25) is 0 Å². The molecule has 2 aromatic rings. The van der Waals surface area contributed by atoms with Crippen LogP contribution in [0.15, 0.2) is 17.7 Å². The van der Waals surface area contributed by atoms with Crippen LogP contribution in [0.3, 0.4) is 0 Å². The van der Waals surface area contributed by atoms with E-state index >= 15 is 0 Å². The van der Waals surface area contributed by atoms with E-state index in [1.165, 1.54) is 24.0 Å². The molecule has 0 aromatic carbocycles. The number of aliphatic hydroxyl groups excluding tert-OH is 2. The number of anilines is 1. The molecule has 0 bridgehead atoms. The summed E-state index contributed by atoms with van der Waals surface area (Å²) in [6.45, 7) is 0.948. The van der Waals surface area contributed by atoms with E-state index in [0.29, 0.717) is 16.6 Å². The van der Waals surface area contributed by atoms with Gasteiger partial charge in [-0.15, -0.1) is 0 Å². The fourth-order valence-electron chi connectivity index (χ4n) is 2.87. The molecular formula is C13H17N5O5. The van der Waals surface area contributed by atoms with Crippen molar-refractivity contribution >= 4 is 23.1 Å². The number of ether oxygens (including phenoxy) is 1. The number of nitrogen functional groups attached to an aromatic ring is 1. The van der Waals surface area contributed by atoms with E-state index in [0.717, 1.165) is 6.21 Å². The van der Waals surface area contributed by atoms with Gasteiger partial charge in [0.15, 0.2) is 6.23 Å². The van der Waals surface area contributed by atoms with Gasteiger partial charge in [-0.05, 0) is 6.92 Å². The van der Waals surface area contributed by atoms with Crippen molar-refractivity contribution in [3.8, 4) is 0 Å². The molecule has 3 rings (SSSR count). The minimum Gasteiger partial charge on any atom is -0.411 e. The van der Waals surface area contributed by atoms with E-state index in [1.54, 1.807) is 0 Å². The summed E-state index contributed by atoms with van der Waals surface area (Å²) in [7, 11) is 0. The predicted octanol–water partition coefficient (Wildman–Crippen LogP) is -1.18. The molecular weight excluding hydrogens is 306 g/mol. The zero-order valence-electron chi connectivity index (χ0n) is 12.2. The molecule has 0 aliphatic carbocycles. The van der Waals surface area contributed by atoms with Gasteiger partial charge in [0.1, 0.15) is 35.6 Å². The Morgan fingerprint density at radius 3 is 2.87 bits per heavy atom. The van der Waals surface area contributed by atoms with Crippen molar-refractivity contribution in [2.24, 2.45) is 5.16 Å². The van der Waals surface area contributed by atoms with Gasteiger partial charge in [-0.25, -0.2) is 9.97 Å². The molecule has 0 spiro atoms. The van der Waals surface area contributed by atoms with Crippen LogP contribution >= 0.6 is 0 Å². The SMILES string of the molecule is C[C@@]1(O)C(O)C(CO)OC1n1cc(C=NO)c2c(N)ncnc21. The van der Waals surface area contributed by atoms with Crippen LogP contribution in [-0.2, 0) is 4.74 Å². The highest BCUT2D eigenvalue weighted by Gasteiger charge is 2.53. The van der Waals surface area contributed by atoms with E-state index in [-0.39, 0.29) is 5.82 Å². The number of nitrogens with two attached hydrogens (primary N) is 1. The van der Waals surface area contributed by atoms with Gasteiger partial charge in [-0.3, -0.25) is 0 Å². The Bertz CT molecular complexity index is 759. The summed E-state index contributed by atoms with van der Waals surface area (Å²) in [5.74, 6) is 0.167. The van der Waals surface area contributed by atoms with Crippen LogP contribution in [0, 0.1) is 0 Å². The van der Waals surface area contributed by atoms with Gasteiger partial charge in [0, 0.05) is 11.8 Å². The number of hydrogen-bond acceptors (Lipinski definition) is 9. The van der Waals surface area contributed by atoms with Crippen molar-refractivity contribution in [2.75, 3.05) is 12.3 Å². The Hall–Kier alpha value is -2.27. The molecule has 1 saturated heterocycles. The number of nitrogens with zero attached hydrogens (tertiary/aromatic N) is 4. The maximum Gasteiger partial charge on any atom is 0.167 e. The molecule has 2 aromatic heterocycles. The second-order valence-corrected chi connectivity index (χ2v) is 5.57. The molecule has 0 amide bonds. The van der Waals surface area contributed by atoms with Crippen LogP contribution in [0.5, 0.6) is 0 Å². The minimum atomic E-state index is -1.67. The average Bonchev–Trinajstić information content (AvgIpc) is 2.97. The molecule has 3 unspecified atom stereocenters. The van der Waals surface area contributed by atoms with Gasteiger partial charge in [-0.2, -0.15) is 0 Å². The molecule has 6 N–H and O–H groups in total. The summed E-state index contributed by atoms with van der Waals surface area (Å²) in [4.78, 5) is 8.01. The quantitative estimate of drug-likeness (QED) is 0.268. The third-order valence-corrected chi connectivity index (χ3v) is 4.05. The summed E-state index contributed by atoms with van der Waals surface area (Å²) in [6.07, 6.45) is 0.666. The Kier molecular flexibility index (Phi) is 3.68. The molecule has 4 atom stereocenters. The lowest BCUT2D eigenvalue weighted by atomic mass is 9.96. The molecule has 10 heteroatoms. The first-order chi connectivity index (χ1) is 10.9. The van der Waals surface area contributed by atoms with E-state index < -0.39 is 30.6 Å². The third kappa shape index (κ3) is 2.23. The van der Waals surface area contributed by atoms with Gasteiger partial charge in [0.25, 0.3) is 0 Å². The van der Waals surface area contributed by atoms with Crippen LogP contribution in [0.4, 0.5) is 5.82 Å². The van der Waals surface area contributed by atoms with Gasteiger partial charge < -0.3 is 35.6 Å². The van der Waals surface area contributed by atoms with E-state index in [9.17, 15) is 15.3 Å². The van der Waals surface area contributed by atoms with Crippen molar-refractivity contribution in [2.45, 2.75) is 31.0 Å². The van der Waals surface area contributed by atoms with Gasteiger partial charge >= 0.3 is 0 Å². The molecule has 124 valence electrons. The highest BCUT2D eigenvalue weighted by atomic mass is 16.6. The van der Waals surface area contributed by atoms with Crippen molar-refractivity contribution in [3.63, 3.8) is 0 Å². The second kappa shape index (κ2) is 5.42. The molecule has 23 heavy (non-hydrogen) atoms. The first-order valence-electron chi connectivity index (χ1n) is 6.87.